The van der Waals surface area contributed by atoms with Gasteiger partial charge in [0.05, 0.1) is 0 Å². The van der Waals surface area contributed by atoms with E-state index in [1.54, 1.807) is 42.4 Å². The lowest BCUT2D eigenvalue weighted by atomic mass is 10.2. The van der Waals surface area contributed by atoms with Gasteiger partial charge in [-0.3, -0.25) is 9.78 Å². The van der Waals surface area contributed by atoms with Crippen LogP contribution in [-0.4, -0.2) is 29.4 Å². The van der Waals surface area contributed by atoms with E-state index in [0.29, 0.717) is 17.8 Å². The molecule has 98 valence electrons. The number of carbonyl (C=O) groups is 1. The molecule has 0 atom stereocenters. The summed E-state index contributed by atoms with van der Waals surface area (Å²) in [6.07, 6.45) is 2.51. The molecule has 0 unspecified atom stereocenters. The Balaban J connectivity index is 1.94. The predicted octanol–water partition coefficient (Wildman–Crippen LogP) is 1.98. The minimum Gasteiger partial charge on any atom is -0.399 e. The Bertz CT molecular complexity index is 537. The van der Waals surface area contributed by atoms with Crippen LogP contribution in [0.4, 0.5) is 5.69 Å². The van der Waals surface area contributed by atoms with Crippen LogP contribution in [0.5, 0.6) is 0 Å². The highest BCUT2D eigenvalue weighted by Crippen LogP contribution is 2.08. The first-order valence-electron chi connectivity index (χ1n) is 6.18. The number of likely N-dealkylation sites (N-methyl/N-ethyl adjacent to an activating group) is 1. The SMILES string of the molecule is CN(CCc1ccccn1)C(=O)c1ccc(N)cc1. The fraction of sp³-hybridized carbons (Fsp3) is 0.200. The van der Waals surface area contributed by atoms with Crippen molar-refractivity contribution in [3.63, 3.8) is 0 Å². The number of carbonyl (C=O) groups excluding carboxylic acids is 1. The van der Waals surface area contributed by atoms with Gasteiger partial charge in [-0.2, -0.15) is 0 Å². The summed E-state index contributed by atoms with van der Waals surface area (Å²) in [5, 5.41) is 0. The Kier molecular flexibility index (Phi) is 4.13. The van der Waals surface area contributed by atoms with Crippen LogP contribution in [0.1, 0.15) is 16.1 Å². The van der Waals surface area contributed by atoms with Crippen LogP contribution in [0.3, 0.4) is 0 Å². The van der Waals surface area contributed by atoms with Gasteiger partial charge in [-0.25, -0.2) is 0 Å². The van der Waals surface area contributed by atoms with Crippen LogP contribution in [0.25, 0.3) is 0 Å². The van der Waals surface area contributed by atoms with Crippen molar-refractivity contribution in [3.8, 4) is 0 Å². The van der Waals surface area contributed by atoms with Gasteiger partial charge in [-0.15, -0.1) is 0 Å². The zero-order chi connectivity index (χ0) is 13.7. The largest absolute Gasteiger partial charge is 0.399 e. The van der Waals surface area contributed by atoms with Gasteiger partial charge in [0.25, 0.3) is 5.91 Å². The third-order valence-corrected chi connectivity index (χ3v) is 2.93. The molecule has 1 heterocycles. The van der Waals surface area contributed by atoms with E-state index in [0.717, 1.165) is 12.1 Å². The van der Waals surface area contributed by atoms with Crippen LogP contribution < -0.4 is 5.73 Å². The molecule has 0 fully saturated rings. The molecule has 0 saturated heterocycles. The Labute approximate surface area is 112 Å². The minimum absolute atomic E-state index is 0.00377. The summed E-state index contributed by atoms with van der Waals surface area (Å²) in [5.74, 6) is -0.00377. The lowest BCUT2D eigenvalue weighted by Crippen LogP contribution is -2.28. The average molecular weight is 255 g/mol. The lowest BCUT2D eigenvalue weighted by molar-refractivity contribution is 0.0796. The molecule has 0 spiro atoms. The first-order valence-corrected chi connectivity index (χ1v) is 6.18. The van der Waals surface area contributed by atoms with E-state index in [2.05, 4.69) is 4.98 Å². The molecule has 0 bridgehead atoms. The van der Waals surface area contributed by atoms with Crippen molar-refractivity contribution in [2.75, 3.05) is 19.3 Å². The summed E-state index contributed by atoms with van der Waals surface area (Å²) in [6.45, 7) is 0.639. The van der Waals surface area contributed by atoms with Gasteiger partial charge in [0, 0.05) is 43.2 Å². The first kappa shape index (κ1) is 13.1. The van der Waals surface area contributed by atoms with Crippen molar-refractivity contribution in [2.24, 2.45) is 0 Å². The number of rotatable bonds is 4. The first-order chi connectivity index (χ1) is 9.16. The number of amides is 1. The quantitative estimate of drug-likeness (QED) is 0.850. The summed E-state index contributed by atoms with van der Waals surface area (Å²) in [5.41, 5.74) is 7.90. The Morgan fingerprint density at radius 1 is 1.21 bits per heavy atom. The molecule has 0 saturated carbocycles. The molecule has 19 heavy (non-hydrogen) atoms. The smallest absolute Gasteiger partial charge is 0.253 e. The van der Waals surface area contributed by atoms with Gasteiger partial charge < -0.3 is 10.6 Å². The van der Waals surface area contributed by atoms with Gasteiger partial charge in [0.15, 0.2) is 0 Å². The summed E-state index contributed by atoms with van der Waals surface area (Å²) in [4.78, 5) is 18.1. The van der Waals surface area contributed by atoms with E-state index in [1.165, 1.54) is 0 Å². The van der Waals surface area contributed by atoms with Crippen molar-refractivity contribution in [1.29, 1.82) is 0 Å². The second kappa shape index (κ2) is 6.00. The standard InChI is InChI=1S/C15H17N3O/c1-18(11-9-14-4-2-3-10-17-14)15(19)12-5-7-13(16)8-6-12/h2-8,10H,9,11,16H2,1H3. The Morgan fingerprint density at radius 2 is 1.95 bits per heavy atom. The highest BCUT2D eigenvalue weighted by Gasteiger charge is 2.11. The van der Waals surface area contributed by atoms with E-state index in [4.69, 9.17) is 5.73 Å². The number of aromatic nitrogens is 1. The number of hydrogen-bond acceptors (Lipinski definition) is 3. The molecule has 0 radical (unpaired) electrons. The maximum atomic E-state index is 12.1. The highest BCUT2D eigenvalue weighted by atomic mass is 16.2. The Morgan fingerprint density at radius 3 is 2.58 bits per heavy atom. The number of benzene rings is 1. The number of nitrogens with two attached hydrogens (primary N) is 1. The molecule has 1 aromatic heterocycles. The van der Waals surface area contributed by atoms with E-state index in [-0.39, 0.29) is 5.91 Å². The predicted molar refractivity (Wildman–Crippen MR) is 75.8 cm³/mol. The molecular formula is C15H17N3O. The topological polar surface area (TPSA) is 59.2 Å². The van der Waals surface area contributed by atoms with Crippen molar-refractivity contribution in [3.05, 3.63) is 59.9 Å². The molecule has 0 aliphatic heterocycles. The zero-order valence-corrected chi connectivity index (χ0v) is 10.9. The van der Waals surface area contributed by atoms with Gasteiger partial charge in [0.2, 0.25) is 0 Å². The fourth-order valence-corrected chi connectivity index (χ4v) is 1.78. The molecule has 1 aromatic carbocycles. The Hall–Kier alpha value is -2.36. The van der Waals surface area contributed by atoms with Crippen LogP contribution in [0.15, 0.2) is 48.7 Å². The summed E-state index contributed by atoms with van der Waals surface area (Å²) >= 11 is 0. The monoisotopic (exact) mass is 255 g/mol. The number of hydrogen-bond donors (Lipinski definition) is 1. The van der Waals surface area contributed by atoms with Gasteiger partial charge in [0.1, 0.15) is 0 Å². The second-order valence-electron chi connectivity index (χ2n) is 4.42. The molecule has 4 nitrogen and oxygen atoms in total. The molecule has 4 heteroatoms. The van der Waals surface area contributed by atoms with Crippen LogP contribution in [0.2, 0.25) is 0 Å². The van der Waals surface area contributed by atoms with Crippen LogP contribution >= 0.6 is 0 Å². The molecule has 2 rings (SSSR count). The molecule has 0 aliphatic rings. The van der Waals surface area contributed by atoms with Crippen LogP contribution in [0, 0.1) is 0 Å². The van der Waals surface area contributed by atoms with Crippen molar-refractivity contribution in [1.82, 2.24) is 9.88 Å². The third-order valence-electron chi connectivity index (χ3n) is 2.93. The number of nitrogens with zero attached hydrogens (tertiary/aromatic N) is 2. The van der Waals surface area contributed by atoms with Crippen molar-refractivity contribution in [2.45, 2.75) is 6.42 Å². The van der Waals surface area contributed by atoms with Gasteiger partial charge in [-0.05, 0) is 36.4 Å². The summed E-state index contributed by atoms with van der Waals surface area (Å²) in [7, 11) is 1.79. The van der Waals surface area contributed by atoms with Crippen LogP contribution in [-0.2, 0) is 6.42 Å². The van der Waals surface area contributed by atoms with Gasteiger partial charge >= 0.3 is 0 Å². The molecule has 1 amide bonds. The lowest BCUT2D eigenvalue weighted by Gasteiger charge is -2.17. The summed E-state index contributed by atoms with van der Waals surface area (Å²) in [6, 6.07) is 12.8. The summed E-state index contributed by atoms with van der Waals surface area (Å²) < 4.78 is 0. The number of nitrogen functional groups attached to an aromatic ring is 1. The fourth-order valence-electron chi connectivity index (χ4n) is 1.78. The van der Waals surface area contributed by atoms with E-state index in [1.807, 2.05) is 18.2 Å². The molecule has 2 aromatic rings. The van der Waals surface area contributed by atoms with E-state index >= 15 is 0 Å². The number of anilines is 1. The minimum atomic E-state index is -0.00377. The molecule has 0 aliphatic carbocycles. The van der Waals surface area contributed by atoms with Crippen molar-refractivity contribution < 1.29 is 4.79 Å². The number of pyridine rings is 1. The van der Waals surface area contributed by atoms with E-state index < -0.39 is 0 Å². The molecule has 2 N–H and O–H groups in total. The molecular weight excluding hydrogens is 238 g/mol. The van der Waals surface area contributed by atoms with Crippen molar-refractivity contribution >= 4 is 11.6 Å². The maximum absolute atomic E-state index is 12.1. The normalized spacial score (nSPS) is 10.2. The zero-order valence-electron chi connectivity index (χ0n) is 10.9. The highest BCUT2D eigenvalue weighted by molar-refractivity contribution is 5.94. The third kappa shape index (κ3) is 3.55. The average Bonchev–Trinajstić information content (AvgIpc) is 2.46. The van der Waals surface area contributed by atoms with Gasteiger partial charge in [-0.1, -0.05) is 6.07 Å². The van der Waals surface area contributed by atoms with E-state index in [9.17, 15) is 4.79 Å². The maximum Gasteiger partial charge on any atom is 0.253 e. The second-order valence-corrected chi connectivity index (χ2v) is 4.42.